The van der Waals surface area contributed by atoms with Crippen LogP contribution in [0.5, 0.6) is 0 Å². The van der Waals surface area contributed by atoms with E-state index in [-0.39, 0.29) is 6.42 Å². The lowest BCUT2D eigenvalue weighted by atomic mass is 10.1. The van der Waals surface area contributed by atoms with E-state index < -0.39 is 23.8 Å². The zero-order valence-corrected chi connectivity index (χ0v) is 16.6. The molecule has 0 saturated heterocycles. The highest BCUT2D eigenvalue weighted by molar-refractivity contribution is 6.11. The molecule has 4 rings (SSSR count). The van der Waals surface area contributed by atoms with Gasteiger partial charge in [0.25, 0.3) is 5.91 Å². The van der Waals surface area contributed by atoms with Gasteiger partial charge in [0.15, 0.2) is 11.6 Å². The van der Waals surface area contributed by atoms with Crippen LogP contribution < -0.4 is 16.0 Å². The Morgan fingerprint density at radius 2 is 2.00 bits per heavy atom. The number of aromatic amines is 1. The monoisotopic (exact) mass is 420 g/mol. The first-order valence-electron chi connectivity index (χ1n) is 9.55. The van der Waals surface area contributed by atoms with Crippen molar-refractivity contribution in [1.82, 2.24) is 20.5 Å². The molecule has 0 spiro atoms. The quantitative estimate of drug-likeness (QED) is 0.479. The third kappa shape index (κ3) is 4.59. The van der Waals surface area contributed by atoms with Crippen molar-refractivity contribution in [2.75, 3.05) is 17.7 Å². The second-order valence-electron chi connectivity index (χ2n) is 6.93. The van der Waals surface area contributed by atoms with Gasteiger partial charge >= 0.3 is 0 Å². The Kier molecular flexibility index (Phi) is 5.72. The molecular formula is C21H20N6O4. The molecule has 4 N–H and O–H groups in total. The number of H-pyrrole nitrogens is 1. The van der Waals surface area contributed by atoms with Crippen LogP contribution in [-0.4, -0.2) is 46.1 Å². The van der Waals surface area contributed by atoms with E-state index in [2.05, 4.69) is 31.1 Å². The number of hydrogen-bond acceptors (Lipinski definition) is 6. The van der Waals surface area contributed by atoms with Crippen molar-refractivity contribution in [3.05, 3.63) is 59.9 Å². The molecule has 1 aromatic heterocycles. The smallest absolute Gasteiger partial charge is 0.254 e. The molecule has 2 aromatic carbocycles. The van der Waals surface area contributed by atoms with Crippen molar-refractivity contribution in [2.45, 2.75) is 19.1 Å². The molecule has 0 unspecified atom stereocenters. The second-order valence-corrected chi connectivity index (χ2v) is 6.93. The van der Waals surface area contributed by atoms with Crippen molar-refractivity contribution in [1.29, 1.82) is 0 Å². The molecular weight excluding hydrogens is 400 g/mol. The lowest BCUT2D eigenvalue weighted by Gasteiger charge is -2.14. The Bertz CT molecular complexity index is 1140. The lowest BCUT2D eigenvalue weighted by Crippen LogP contribution is -2.43. The number of rotatable bonds is 6. The minimum atomic E-state index is -0.993. The van der Waals surface area contributed by atoms with Crippen molar-refractivity contribution >= 4 is 29.1 Å². The minimum Gasteiger partial charge on any atom is -0.377 e. The summed E-state index contributed by atoms with van der Waals surface area (Å²) in [6, 6.07) is 12.7. The van der Waals surface area contributed by atoms with Crippen LogP contribution in [0.1, 0.15) is 22.6 Å². The molecule has 3 amide bonds. The summed E-state index contributed by atoms with van der Waals surface area (Å²) in [6.07, 6.45) is -0.214. The van der Waals surface area contributed by atoms with Crippen LogP contribution in [0.4, 0.5) is 11.4 Å². The number of methoxy groups -OCH3 is 1. The van der Waals surface area contributed by atoms with Crippen LogP contribution in [0.15, 0.2) is 48.5 Å². The van der Waals surface area contributed by atoms with Crippen LogP contribution in [-0.2, 0) is 20.9 Å². The van der Waals surface area contributed by atoms with E-state index in [0.29, 0.717) is 40.8 Å². The summed E-state index contributed by atoms with van der Waals surface area (Å²) >= 11 is 0. The molecule has 0 saturated carbocycles. The summed E-state index contributed by atoms with van der Waals surface area (Å²) < 4.78 is 5.02. The van der Waals surface area contributed by atoms with Gasteiger partial charge in [-0.05, 0) is 24.3 Å². The normalized spacial score (nSPS) is 15.5. The van der Waals surface area contributed by atoms with E-state index in [9.17, 15) is 14.4 Å². The van der Waals surface area contributed by atoms with Crippen molar-refractivity contribution in [3.8, 4) is 11.4 Å². The minimum absolute atomic E-state index is 0.214. The molecule has 0 aliphatic carbocycles. The van der Waals surface area contributed by atoms with Crippen LogP contribution in [0.3, 0.4) is 0 Å². The summed E-state index contributed by atoms with van der Waals surface area (Å²) in [5.74, 6) is -0.225. The molecule has 1 atom stereocenters. The lowest BCUT2D eigenvalue weighted by molar-refractivity contribution is -0.122. The fraction of sp³-hybridized carbons (Fsp3) is 0.190. The molecule has 31 heavy (non-hydrogen) atoms. The van der Waals surface area contributed by atoms with Crippen molar-refractivity contribution in [2.24, 2.45) is 0 Å². The highest BCUT2D eigenvalue weighted by Gasteiger charge is 2.29. The Morgan fingerprint density at radius 1 is 1.16 bits per heavy atom. The Balaban J connectivity index is 1.43. The maximum absolute atomic E-state index is 12.6. The molecule has 2 heterocycles. The van der Waals surface area contributed by atoms with E-state index in [1.807, 2.05) is 6.07 Å². The fourth-order valence-electron chi connectivity index (χ4n) is 3.21. The zero-order valence-electron chi connectivity index (χ0n) is 16.6. The molecule has 10 heteroatoms. The van der Waals surface area contributed by atoms with Crippen molar-refractivity contribution < 1.29 is 19.1 Å². The van der Waals surface area contributed by atoms with E-state index in [0.717, 1.165) is 0 Å². The van der Waals surface area contributed by atoms with E-state index in [4.69, 9.17) is 4.74 Å². The second kappa shape index (κ2) is 8.76. The maximum Gasteiger partial charge on any atom is 0.254 e. The summed E-state index contributed by atoms with van der Waals surface area (Å²) in [4.78, 5) is 41.7. The zero-order chi connectivity index (χ0) is 21.8. The third-order valence-electron chi connectivity index (χ3n) is 4.66. The van der Waals surface area contributed by atoms with Gasteiger partial charge in [-0.25, -0.2) is 4.98 Å². The summed E-state index contributed by atoms with van der Waals surface area (Å²) in [5.41, 5.74) is 1.99. The van der Waals surface area contributed by atoms with E-state index in [1.165, 1.54) is 0 Å². The van der Waals surface area contributed by atoms with Crippen molar-refractivity contribution in [3.63, 3.8) is 0 Å². The third-order valence-corrected chi connectivity index (χ3v) is 4.66. The maximum atomic E-state index is 12.6. The van der Waals surface area contributed by atoms with Gasteiger partial charge in [-0.15, -0.1) is 0 Å². The number of amides is 3. The predicted molar refractivity (Wildman–Crippen MR) is 112 cm³/mol. The van der Waals surface area contributed by atoms with Gasteiger partial charge in [0, 0.05) is 18.4 Å². The Hall–Kier alpha value is -4.05. The van der Waals surface area contributed by atoms with E-state index >= 15 is 0 Å². The molecule has 1 aliphatic rings. The molecule has 3 aromatic rings. The number of carbonyl (C=O) groups excluding carboxylic acids is 3. The first-order valence-corrected chi connectivity index (χ1v) is 9.55. The summed E-state index contributed by atoms with van der Waals surface area (Å²) in [5, 5.41) is 15.0. The molecule has 0 radical (unpaired) electrons. The SMILES string of the molecule is COCc1nc(-c2cccc(NC(=O)C[C@@H]3NC(=O)c4ccccc4NC3=O)c2)n[nH]1. The number of para-hydroxylation sites is 1. The largest absolute Gasteiger partial charge is 0.377 e. The Labute approximate surface area is 177 Å². The fourth-order valence-corrected chi connectivity index (χ4v) is 3.21. The number of nitrogens with one attached hydrogen (secondary N) is 4. The van der Waals surface area contributed by atoms with Crippen LogP contribution in [0.25, 0.3) is 11.4 Å². The summed E-state index contributed by atoms with van der Waals surface area (Å²) in [6.45, 7) is 0.308. The molecule has 1 aliphatic heterocycles. The first-order chi connectivity index (χ1) is 15.0. The summed E-state index contributed by atoms with van der Waals surface area (Å²) in [7, 11) is 1.56. The Morgan fingerprint density at radius 3 is 2.84 bits per heavy atom. The highest BCUT2D eigenvalue weighted by atomic mass is 16.5. The number of aromatic nitrogens is 3. The molecule has 0 fully saturated rings. The number of ether oxygens (including phenoxy) is 1. The van der Waals surface area contributed by atoms with Crippen LogP contribution in [0.2, 0.25) is 0 Å². The average Bonchev–Trinajstić information content (AvgIpc) is 3.18. The molecule has 158 valence electrons. The first kappa shape index (κ1) is 20.2. The highest BCUT2D eigenvalue weighted by Crippen LogP contribution is 2.21. The average molecular weight is 420 g/mol. The number of fused-ring (bicyclic) bond motifs is 1. The van der Waals surface area contributed by atoms with Gasteiger partial charge in [0.1, 0.15) is 12.6 Å². The number of benzene rings is 2. The van der Waals surface area contributed by atoms with Gasteiger partial charge in [-0.2, -0.15) is 5.10 Å². The number of hydrogen-bond donors (Lipinski definition) is 4. The van der Waals surface area contributed by atoms with Crippen LogP contribution in [0, 0.1) is 0 Å². The van der Waals surface area contributed by atoms with E-state index in [1.54, 1.807) is 49.6 Å². The van der Waals surface area contributed by atoms with Gasteiger partial charge < -0.3 is 20.7 Å². The van der Waals surface area contributed by atoms with Gasteiger partial charge in [0.2, 0.25) is 11.8 Å². The van der Waals surface area contributed by atoms with Gasteiger partial charge in [-0.1, -0.05) is 24.3 Å². The number of carbonyl (C=O) groups is 3. The topological polar surface area (TPSA) is 138 Å². The number of anilines is 2. The molecule has 0 bridgehead atoms. The predicted octanol–water partition coefficient (Wildman–Crippen LogP) is 1.70. The van der Waals surface area contributed by atoms with Gasteiger partial charge in [0.05, 0.1) is 17.7 Å². The molecule has 10 nitrogen and oxygen atoms in total. The van der Waals surface area contributed by atoms with Gasteiger partial charge in [-0.3, -0.25) is 19.5 Å². The number of nitrogens with zero attached hydrogens (tertiary/aromatic N) is 2. The van der Waals surface area contributed by atoms with Crippen LogP contribution >= 0.6 is 0 Å². The standard InChI is InChI=1S/C21H20N6O4/c1-31-11-17-25-19(27-26-17)12-5-4-6-13(9-12)22-18(28)10-16-21(30)23-15-8-3-2-7-14(15)20(29)24-16/h2-9,16H,10-11H2,1H3,(H,22,28)(H,23,30)(H,24,29)(H,25,26,27)/t16-/m0/s1.